The molecule has 0 aliphatic carbocycles. The van der Waals surface area contributed by atoms with E-state index in [1.807, 2.05) is 0 Å². The highest BCUT2D eigenvalue weighted by atomic mass is 32.1. The van der Waals surface area contributed by atoms with Gasteiger partial charge in [-0.3, -0.25) is 20.3 Å². The first-order valence-corrected chi connectivity index (χ1v) is 8.17. The zero-order chi connectivity index (χ0) is 18.7. The van der Waals surface area contributed by atoms with Crippen LogP contribution in [0.25, 0.3) is 10.2 Å². The summed E-state index contributed by atoms with van der Waals surface area (Å²) in [4.78, 5) is 25.1. The van der Waals surface area contributed by atoms with Gasteiger partial charge in [0.1, 0.15) is 0 Å². The van der Waals surface area contributed by atoms with Crippen molar-refractivity contribution < 1.29 is 14.4 Å². The normalized spacial score (nSPS) is 11.4. The molecule has 2 N–H and O–H groups in total. The van der Waals surface area contributed by atoms with E-state index < -0.39 is 4.92 Å². The Balaban J connectivity index is 1.98. The van der Waals surface area contributed by atoms with Crippen molar-refractivity contribution in [2.45, 2.75) is 0 Å². The number of nitrogens with zero attached hydrogens (tertiary/aromatic N) is 2. The lowest BCUT2D eigenvalue weighted by atomic mass is 10.3. The Kier molecular flexibility index (Phi) is 4.85. The van der Waals surface area contributed by atoms with Crippen LogP contribution >= 0.6 is 11.3 Å². The number of aromatic nitrogens is 1. The van der Waals surface area contributed by atoms with Crippen molar-refractivity contribution in [3.05, 3.63) is 61.5 Å². The molecular weight excluding hydrogens is 360 g/mol. The van der Waals surface area contributed by atoms with Gasteiger partial charge in [-0.05, 0) is 12.1 Å². The van der Waals surface area contributed by atoms with Gasteiger partial charge in [-0.1, -0.05) is 0 Å². The lowest BCUT2D eigenvalue weighted by molar-refractivity contribution is -0.384. The van der Waals surface area contributed by atoms with Gasteiger partial charge in [-0.2, -0.15) is 5.10 Å². The van der Waals surface area contributed by atoms with Gasteiger partial charge in [0, 0.05) is 24.3 Å². The second-order valence-corrected chi connectivity index (χ2v) is 6.12. The zero-order valence-electron chi connectivity index (χ0n) is 13.8. The lowest BCUT2D eigenvalue weighted by Crippen LogP contribution is -2.26. The van der Waals surface area contributed by atoms with E-state index >= 15 is 0 Å². The molecule has 0 spiro atoms. The molecule has 0 fully saturated rings. The third-order valence-corrected chi connectivity index (χ3v) is 4.53. The number of rotatable bonds is 5. The first-order valence-electron chi connectivity index (χ1n) is 7.35. The van der Waals surface area contributed by atoms with Crippen molar-refractivity contribution in [3.8, 4) is 11.5 Å². The van der Waals surface area contributed by atoms with Gasteiger partial charge in [-0.15, -0.1) is 11.3 Å². The standard InChI is InChI=1S/C16H14N4O5S/c1-24-12-7-11-14(8-13(12)25-2)26-16(15(21)17-11)19-18-9-3-5-10(6-4-9)20(22)23/h3-8,18H,1-2H3,(H,17,21)/b19-16+. The molecule has 0 aliphatic rings. The average Bonchev–Trinajstić information content (AvgIpc) is 2.65. The number of nitro groups is 1. The van der Waals surface area contributed by atoms with Gasteiger partial charge in [-0.25, -0.2) is 0 Å². The van der Waals surface area contributed by atoms with E-state index in [4.69, 9.17) is 9.47 Å². The second-order valence-electron chi connectivity index (χ2n) is 5.09. The molecule has 0 atom stereocenters. The van der Waals surface area contributed by atoms with Crippen LogP contribution in [0.1, 0.15) is 0 Å². The molecule has 10 heteroatoms. The van der Waals surface area contributed by atoms with Gasteiger partial charge in [0.25, 0.3) is 11.2 Å². The molecule has 134 valence electrons. The number of hydrogen-bond donors (Lipinski definition) is 2. The molecular formula is C16H14N4O5S. The van der Waals surface area contributed by atoms with E-state index in [-0.39, 0.29) is 15.9 Å². The van der Waals surface area contributed by atoms with Crippen LogP contribution in [0.3, 0.4) is 0 Å². The fourth-order valence-corrected chi connectivity index (χ4v) is 3.04. The first-order chi connectivity index (χ1) is 12.5. The van der Waals surface area contributed by atoms with Crippen LogP contribution in [-0.4, -0.2) is 24.1 Å². The molecule has 0 bridgehead atoms. The van der Waals surface area contributed by atoms with E-state index in [2.05, 4.69) is 15.5 Å². The number of anilines is 1. The summed E-state index contributed by atoms with van der Waals surface area (Å²) in [6.07, 6.45) is 0. The van der Waals surface area contributed by atoms with Crippen LogP contribution in [0.15, 0.2) is 46.3 Å². The van der Waals surface area contributed by atoms with E-state index in [1.54, 1.807) is 12.1 Å². The Bertz CT molecular complexity index is 1090. The highest BCUT2D eigenvalue weighted by Crippen LogP contribution is 2.31. The van der Waals surface area contributed by atoms with E-state index in [9.17, 15) is 14.9 Å². The molecule has 0 radical (unpaired) electrons. The summed E-state index contributed by atoms with van der Waals surface area (Å²) in [7, 11) is 3.05. The molecule has 0 saturated carbocycles. The maximum absolute atomic E-state index is 12.2. The van der Waals surface area contributed by atoms with Crippen LogP contribution in [0, 0.1) is 10.1 Å². The fraction of sp³-hybridized carbons (Fsp3) is 0.125. The van der Waals surface area contributed by atoms with Crippen molar-refractivity contribution in [2.75, 3.05) is 19.6 Å². The number of aromatic amines is 1. The molecule has 0 unspecified atom stereocenters. The van der Waals surface area contributed by atoms with Gasteiger partial charge in [0.2, 0.25) is 4.67 Å². The quantitative estimate of drug-likeness (QED) is 0.523. The summed E-state index contributed by atoms with van der Waals surface area (Å²) in [5, 5.41) is 14.7. The minimum atomic E-state index is -0.487. The Hall–Kier alpha value is -3.40. The highest BCUT2D eigenvalue weighted by Gasteiger charge is 2.08. The molecule has 26 heavy (non-hydrogen) atoms. The first kappa shape index (κ1) is 17.4. The molecule has 1 aromatic heterocycles. The number of benzene rings is 2. The number of fused-ring (bicyclic) bond motifs is 1. The largest absolute Gasteiger partial charge is 0.493 e. The molecule has 0 amide bonds. The third kappa shape index (κ3) is 3.49. The molecule has 2 aromatic carbocycles. The fourth-order valence-electron chi connectivity index (χ4n) is 2.22. The minimum Gasteiger partial charge on any atom is -0.493 e. The molecule has 1 heterocycles. The third-order valence-electron chi connectivity index (χ3n) is 3.50. The maximum atomic E-state index is 12.2. The van der Waals surface area contributed by atoms with Crippen molar-refractivity contribution in [1.82, 2.24) is 4.98 Å². The molecule has 9 nitrogen and oxygen atoms in total. The van der Waals surface area contributed by atoms with E-state index in [0.29, 0.717) is 22.7 Å². The van der Waals surface area contributed by atoms with Crippen LogP contribution in [0.4, 0.5) is 11.4 Å². The monoisotopic (exact) mass is 374 g/mol. The summed E-state index contributed by atoms with van der Waals surface area (Å²) in [6.45, 7) is 0. The number of nitrogens with one attached hydrogen (secondary N) is 2. The van der Waals surface area contributed by atoms with Crippen LogP contribution in [0.5, 0.6) is 11.5 Å². The van der Waals surface area contributed by atoms with Crippen molar-refractivity contribution in [1.29, 1.82) is 0 Å². The van der Waals surface area contributed by atoms with E-state index in [0.717, 1.165) is 4.70 Å². The molecule has 3 rings (SSSR count). The number of hydrogen-bond acceptors (Lipinski definition) is 8. The van der Waals surface area contributed by atoms with Gasteiger partial charge in [0.05, 0.1) is 35.0 Å². The number of H-pyrrole nitrogens is 1. The topological polar surface area (TPSA) is 119 Å². The Morgan fingerprint density at radius 1 is 1.15 bits per heavy atom. The number of nitro benzene ring substituents is 1. The Labute approximate surface area is 150 Å². The number of ether oxygens (including phenoxy) is 2. The summed E-state index contributed by atoms with van der Waals surface area (Å²) in [5.74, 6) is 1.05. The zero-order valence-corrected chi connectivity index (χ0v) is 14.6. The van der Waals surface area contributed by atoms with Crippen molar-refractivity contribution in [2.24, 2.45) is 5.10 Å². The summed E-state index contributed by atoms with van der Waals surface area (Å²) >= 11 is 1.17. The maximum Gasteiger partial charge on any atom is 0.286 e. The van der Waals surface area contributed by atoms with E-state index in [1.165, 1.54) is 49.8 Å². The summed E-state index contributed by atoms with van der Waals surface area (Å²) < 4.78 is 11.4. The van der Waals surface area contributed by atoms with Crippen molar-refractivity contribution >= 4 is 32.9 Å². The number of methoxy groups -OCH3 is 2. The predicted molar refractivity (Wildman–Crippen MR) is 97.8 cm³/mol. The van der Waals surface area contributed by atoms with Crippen LogP contribution in [-0.2, 0) is 0 Å². The number of non-ortho nitro benzene ring substituents is 1. The lowest BCUT2D eigenvalue weighted by Gasteiger charge is -2.08. The van der Waals surface area contributed by atoms with Gasteiger partial charge < -0.3 is 14.5 Å². The summed E-state index contributed by atoms with van der Waals surface area (Å²) in [6, 6.07) is 9.15. The van der Waals surface area contributed by atoms with Crippen LogP contribution < -0.4 is 25.1 Å². The molecule has 0 aliphatic heterocycles. The van der Waals surface area contributed by atoms with Gasteiger partial charge >= 0.3 is 0 Å². The second kappa shape index (κ2) is 7.23. The smallest absolute Gasteiger partial charge is 0.286 e. The highest BCUT2D eigenvalue weighted by molar-refractivity contribution is 7.16. The summed E-state index contributed by atoms with van der Waals surface area (Å²) in [5.41, 5.74) is 3.45. The predicted octanol–water partition coefficient (Wildman–Crippen LogP) is 2.44. The van der Waals surface area contributed by atoms with Crippen molar-refractivity contribution in [3.63, 3.8) is 0 Å². The molecule has 3 aromatic rings. The average molecular weight is 374 g/mol. The SMILES string of the molecule is COc1cc2[nH]c(=O)/c(=N\Nc3ccc([N+](=O)[O-])cc3)sc2cc1OC. The Morgan fingerprint density at radius 2 is 1.81 bits per heavy atom. The minimum absolute atomic E-state index is 0.0250. The Morgan fingerprint density at radius 3 is 2.42 bits per heavy atom. The van der Waals surface area contributed by atoms with Crippen LogP contribution in [0.2, 0.25) is 0 Å². The molecule has 0 saturated heterocycles. The van der Waals surface area contributed by atoms with Gasteiger partial charge in [0.15, 0.2) is 11.5 Å².